The number of hydrogen-bond acceptors (Lipinski definition) is 7. The quantitative estimate of drug-likeness (QED) is 0.819. The lowest BCUT2D eigenvalue weighted by molar-refractivity contribution is 0.0932. The Labute approximate surface area is 127 Å². The summed E-state index contributed by atoms with van der Waals surface area (Å²) in [6, 6.07) is 2.85. The minimum absolute atomic E-state index is 0.278. The number of hydrogen-bond donors (Lipinski definition) is 1. The van der Waals surface area contributed by atoms with Gasteiger partial charge in [0.05, 0.1) is 19.3 Å². The molecule has 2 aromatic heterocycles. The van der Waals surface area contributed by atoms with Gasteiger partial charge in [-0.15, -0.1) is 0 Å². The maximum atomic E-state index is 12.1. The fourth-order valence-corrected chi connectivity index (χ4v) is 1.72. The van der Waals surface area contributed by atoms with Crippen molar-refractivity contribution in [2.45, 2.75) is 19.4 Å². The van der Waals surface area contributed by atoms with Gasteiger partial charge in [0, 0.05) is 25.8 Å². The second-order valence-corrected chi connectivity index (χ2v) is 4.58. The Hall–Kier alpha value is -2.48. The molecule has 118 valence electrons. The van der Waals surface area contributed by atoms with Crippen molar-refractivity contribution in [3.05, 3.63) is 35.6 Å². The lowest BCUT2D eigenvalue weighted by Gasteiger charge is -2.09. The van der Waals surface area contributed by atoms with Gasteiger partial charge in [0.2, 0.25) is 11.8 Å². The summed E-state index contributed by atoms with van der Waals surface area (Å²) < 4.78 is 15.0. The number of pyridine rings is 1. The fraction of sp³-hybridized carbons (Fsp3) is 0.429. The summed E-state index contributed by atoms with van der Waals surface area (Å²) >= 11 is 0. The van der Waals surface area contributed by atoms with Gasteiger partial charge in [-0.3, -0.25) is 4.79 Å². The molecule has 0 radical (unpaired) electrons. The molecule has 0 saturated heterocycles. The maximum Gasteiger partial charge on any atom is 0.253 e. The Bertz CT molecular complexity index is 612. The van der Waals surface area contributed by atoms with Crippen molar-refractivity contribution < 1.29 is 18.8 Å². The SMILES string of the molecule is COCCc1noc([C@@H](C)NC(=O)c2ccc(OC)nc2)n1. The van der Waals surface area contributed by atoms with Gasteiger partial charge < -0.3 is 19.3 Å². The molecule has 1 atom stereocenters. The summed E-state index contributed by atoms with van der Waals surface area (Å²) in [7, 11) is 3.12. The Morgan fingerprint density at radius 1 is 1.41 bits per heavy atom. The van der Waals surface area contributed by atoms with Crippen molar-refractivity contribution in [2.75, 3.05) is 20.8 Å². The highest BCUT2D eigenvalue weighted by Crippen LogP contribution is 2.12. The Kier molecular flexibility index (Phi) is 5.42. The minimum atomic E-state index is -0.404. The average molecular weight is 306 g/mol. The molecule has 2 heterocycles. The third-order valence-electron chi connectivity index (χ3n) is 2.94. The molecular weight excluding hydrogens is 288 g/mol. The summed E-state index contributed by atoms with van der Waals surface area (Å²) in [6.07, 6.45) is 2.00. The zero-order valence-electron chi connectivity index (χ0n) is 12.7. The highest BCUT2D eigenvalue weighted by Gasteiger charge is 2.17. The van der Waals surface area contributed by atoms with Crippen molar-refractivity contribution in [2.24, 2.45) is 0 Å². The molecular formula is C14H18N4O4. The van der Waals surface area contributed by atoms with Crippen molar-refractivity contribution in [3.8, 4) is 5.88 Å². The van der Waals surface area contributed by atoms with Crippen LogP contribution in [0.15, 0.2) is 22.9 Å². The van der Waals surface area contributed by atoms with Gasteiger partial charge in [0.25, 0.3) is 5.91 Å². The van der Waals surface area contributed by atoms with E-state index in [1.165, 1.54) is 13.3 Å². The molecule has 2 aromatic rings. The van der Waals surface area contributed by atoms with Crippen LogP contribution in [-0.2, 0) is 11.2 Å². The first-order valence-corrected chi connectivity index (χ1v) is 6.76. The number of nitrogens with zero attached hydrogens (tertiary/aromatic N) is 3. The average Bonchev–Trinajstić information content (AvgIpc) is 3.02. The summed E-state index contributed by atoms with van der Waals surface area (Å²) in [5, 5.41) is 6.60. The van der Waals surface area contributed by atoms with Crippen molar-refractivity contribution in [3.63, 3.8) is 0 Å². The Morgan fingerprint density at radius 2 is 2.23 bits per heavy atom. The van der Waals surface area contributed by atoms with Crippen LogP contribution in [0.4, 0.5) is 0 Å². The van der Waals surface area contributed by atoms with Gasteiger partial charge in [0.1, 0.15) is 6.04 Å². The summed E-state index contributed by atoms with van der Waals surface area (Å²) in [6.45, 7) is 2.28. The molecule has 1 amide bonds. The highest BCUT2D eigenvalue weighted by atomic mass is 16.5. The molecule has 22 heavy (non-hydrogen) atoms. The van der Waals surface area contributed by atoms with E-state index in [0.717, 1.165) is 0 Å². The van der Waals surface area contributed by atoms with Gasteiger partial charge >= 0.3 is 0 Å². The second kappa shape index (κ2) is 7.51. The van der Waals surface area contributed by atoms with Crippen LogP contribution in [0, 0.1) is 0 Å². The first-order chi connectivity index (χ1) is 10.6. The van der Waals surface area contributed by atoms with E-state index in [9.17, 15) is 4.79 Å². The third-order valence-corrected chi connectivity index (χ3v) is 2.94. The van der Waals surface area contributed by atoms with Crippen LogP contribution < -0.4 is 10.1 Å². The number of rotatable bonds is 7. The molecule has 0 aliphatic rings. The molecule has 0 unspecified atom stereocenters. The van der Waals surface area contributed by atoms with Gasteiger partial charge in [-0.05, 0) is 13.0 Å². The van der Waals surface area contributed by atoms with Crippen LogP contribution in [0.2, 0.25) is 0 Å². The maximum absolute atomic E-state index is 12.1. The lowest BCUT2D eigenvalue weighted by Crippen LogP contribution is -2.27. The van der Waals surface area contributed by atoms with Crippen LogP contribution in [0.25, 0.3) is 0 Å². The smallest absolute Gasteiger partial charge is 0.253 e. The third kappa shape index (κ3) is 4.01. The molecule has 0 aliphatic carbocycles. The number of carbonyl (C=O) groups is 1. The van der Waals surface area contributed by atoms with Crippen LogP contribution in [0.5, 0.6) is 5.88 Å². The van der Waals surface area contributed by atoms with Crippen molar-refractivity contribution in [1.29, 1.82) is 0 Å². The molecule has 0 bridgehead atoms. The molecule has 8 nitrogen and oxygen atoms in total. The predicted molar refractivity (Wildman–Crippen MR) is 76.5 cm³/mol. The number of aromatic nitrogens is 3. The first-order valence-electron chi connectivity index (χ1n) is 6.76. The monoisotopic (exact) mass is 306 g/mol. The largest absolute Gasteiger partial charge is 0.481 e. The minimum Gasteiger partial charge on any atom is -0.481 e. The standard InChI is InChI=1S/C14H18N4O4/c1-9(14-17-11(18-22-14)6-7-20-2)16-13(19)10-4-5-12(21-3)15-8-10/h4-5,8-9H,6-7H2,1-3H3,(H,16,19)/t9-/m1/s1. The second-order valence-electron chi connectivity index (χ2n) is 4.58. The Morgan fingerprint density at radius 3 is 2.86 bits per heavy atom. The predicted octanol–water partition coefficient (Wildman–Crippen LogP) is 1.15. The number of ether oxygens (including phenoxy) is 2. The zero-order chi connectivity index (χ0) is 15.9. The summed E-state index contributed by atoms with van der Waals surface area (Å²) in [5.74, 6) is 1.06. The van der Waals surface area contributed by atoms with Crippen molar-refractivity contribution >= 4 is 5.91 Å². The van der Waals surface area contributed by atoms with Crippen LogP contribution >= 0.6 is 0 Å². The van der Waals surface area contributed by atoms with E-state index < -0.39 is 6.04 Å². The first kappa shape index (κ1) is 15.9. The molecule has 0 aromatic carbocycles. The number of amides is 1. The lowest BCUT2D eigenvalue weighted by atomic mass is 10.2. The van der Waals surface area contributed by atoms with E-state index in [4.69, 9.17) is 14.0 Å². The molecule has 2 rings (SSSR count). The molecule has 0 fully saturated rings. The van der Waals surface area contributed by atoms with Gasteiger partial charge in [-0.1, -0.05) is 5.16 Å². The molecule has 1 N–H and O–H groups in total. The van der Waals surface area contributed by atoms with Gasteiger partial charge in [0.15, 0.2) is 5.82 Å². The number of methoxy groups -OCH3 is 2. The van der Waals surface area contributed by atoms with Crippen LogP contribution in [-0.4, -0.2) is 41.9 Å². The fourth-order valence-electron chi connectivity index (χ4n) is 1.72. The van der Waals surface area contributed by atoms with E-state index in [2.05, 4.69) is 20.4 Å². The molecule has 8 heteroatoms. The van der Waals surface area contributed by atoms with Crippen molar-refractivity contribution in [1.82, 2.24) is 20.4 Å². The van der Waals surface area contributed by atoms with E-state index in [-0.39, 0.29) is 5.91 Å². The van der Waals surface area contributed by atoms with Crippen LogP contribution in [0.1, 0.15) is 35.0 Å². The summed E-state index contributed by atoms with van der Waals surface area (Å²) in [4.78, 5) is 20.3. The Balaban J connectivity index is 1.96. The molecule has 0 spiro atoms. The van der Waals surface area contributed by atoms with Gasteiger partial charge in [-0.25, -0.2) is 4.98 Å². The highest BCUT2D eigenvalue weighted by molar-refractivity contribution is 5.94. The number of carbonyl (C=O) groups excluding carboxylic acids is 1. The van der Waals surface area contributed by atoms with Gasteiger partial charge in [-0.2, -0.15) is 4.98 Å². The zero-order valence-corrected chi connectivity index (χ0v) is 12.7. The molecule has 0 aliphatic heterocycles. The topological polar surface area (TPSA) is 99.4 Å². The number of nitrogens with one attached hydrogen (secondary N) is 1. The van der Waals surface area contributed by atoms with E-state index in [0.29, 0.717) is 36.2 Å². The summed E-state index contributed by atoms with van der Waals surface area (Å²) in [5.41, 5.74) is 0.423. The van der Waals surface area contributed by atoms with E-state index >= 15 is 0 Å². The van der Waals surface area contributed by atoms with Crippen LogP contribution in [0.3, 0.4) is 0 Å². The van der Waals surface area contributed by atoms with E-state index in [1.807, 2.05) is 0 Å². The molecule has 0 saturated carbocycles. The van der Waals surface area contributed by atoms with E-state index in [1.54, 1.807) is 26.2 Å². The normalized spacial score (nSPS) is 12.0.